The molecule has 0 saturated heterocycles. The molecular weight excluding hydrogens is 166 g/mol. The van der Waals surface area contributed by atoms with Crippen molar-refractivity contribution in [2.24, 2.45) is 5.84 Å². The van der Waals surface area contributed by atoms with E-state index in [0.29, 0.717) is 0 Å². The average Bonchev–Trinajstić information content (AvgIpc) is 2.07. The van der Waals surface area contributed by atoms with Crippen LogP contribution < -0.4 is 11.3 Å². The molecule has 0 aliphatic carbocycles. The number of rotatable bonds is 3. The van der Waals surface area contributed by atoms with Gasteiger partial charge in [0.25, 0.3) is 6.43 Å². The number of hydrogen-bond donors (Lipinski definition) is 2. The first kappa shape index (κ1) is 8.95. The van der Waals surface area contributed by atoms with Gasteiger partial charge in [0.05, 0.1) is 0 Å². The van der Waals surface area contributed by atoms with Crippen LogP contribution in [0, 0.1) is 0 Å². The van der Waals surface area contributed by atoms with Crippen molar-refractivity contribution in [1.82, 2.24) is 15.4 Å². The van der Waals surface area contributed by atoms with Gasteiger partial charge in [-0.15, -0.1) is 0 Å². The molecule has 0 aliphatic rings. The van der Waals surface area contributed by atoms with Crippen molar-refractivity contribution in [1.29, 1.82) is 0 Å². The van der Waals surface area contributed by atoms with Gasteiger partial charge in [0, 0.05) is 18.0 Å². The van der Waals surface area contributed by atoms with Crippen molar-refractivity contribution in [3.8, 4) is 0 Å². The molecule has 1 unspecified atom stereocenters. The van der Waals surface area contributed by atoms with E-state index in [2.05, 4.69) is 9.97 Å². The molecule has 0 spiro atoms. The van der Waals surface area contributed by atoms with E-state index in [-0.39, 0.29) is 5.56 Å². The number of aromatic nitrogens is 2. The molecule has 1 aromatic heterocycles. The van der Waals surface area contributed by atoms with Crippen LogP contribution >= 0.6 is 0 Å². The summed E-state index contributed by atoms with van der Waals surface area (Å²) in [5, 5.41) is 0. The van der Waals surface area contributed by atoms with Crippen LogP contribution in [0.3, 0.4) is 0 Å². The molecule has 12 heavy (non-hydrogen) atoms. The number of alkyl halides is 2. The SMILES string of the molecule is NNC(c1cncnc1)C(F)F. The van der Waals surface area contributed by atoms with Crippen LogP contribution in [0.1, 0.15) is 11.6 Å². The van der Waals surface area contributed by atoms with Crippen LogP contribution in [0.4, 0.5) is 8.78 Å². The Hall–Kier alpha value is -1.14. The second-order valence-corrected chi connectivity index (χ2v) is 2.15. The van der Waals surface area contributed by atoms with Crippen molar-refractivity contribution < 1.29 is 8.78 Å². The van der Waals surface area contributed by atoms with Gasteiger partial charge in [0.1, 0.15) is 12.4 Å². The minimum absolute atomic E-state index is 0.273. The highest BCUT2D eigenvalue weighted by molar-refractivity contribution is 5.09. The van der Waals surface area contributed by atoms with Gasteiger partial charge in [-0.3, -0.25) is 5.84 Å². The molecule has 1 aromatic rings. The van der Waals surface area contributed by atoms with Gasteiger partial charge < -0.3 is 0 Å². The molecule has 66 valence electrons. The highest BCUT2D eigenvalue weighted by Gasteiger charge is 2.20. The summed E-state index contributed by atoms with van der Waals surface area (Å²) in [4.78, 5) is 7.19. The van der Waals surface area contributed by atoms with Crippen molar-refractivity contribution >= 4 is 0 Å². The molecule has 0 saturated carbocycles. The summed E-state index contributed by atoms with van der Waals surface area (Å²) in [7, 11) is 0. The number of halogens is 2. The first-order chi connectivity index (χ1) is 5.75. The summed E-state index contributed by atoms with van der Waals surface area (Å²) in [6, 6.07) is -1.20. The van der Waals surface area contributed by atoms with Crippen LogP contribution in [0.5, 0.6) is 0 Å². The Balaban J connectivity index is 2.80. The largest absolute Gasteiger partial charge is 0.271 e. The van der Waals surface area contributed by atoms with Crippen molar-refractivity contribution in [2.45, 2.75) is 12.5 Å². The average molecular weight is 174 g/mol. The van der Waals surface area contributed by atoms with E-state index in [1.54, 1.807) is 0 Å². The van der Waals surface area contributed by atoms with E-state index >= 15 is 0 Å². The van der Waals surface area contributed by atoms with E-state index in [1.807, 2.05) is 5.43 Å². The Bertz CT molecular complexity index is 228. The fourth-order valence-electron chi connectivity index (χ4n) is 0.786. The lowest BCUT2D eigenvalue weighted by molar-refractivity contribution is 0.0983. The fraction of sp³-hybridized carbons (Fsp3) is 0.333. The topological polar surface area (TPSA) is 63.8 Å². The molecule has 6 heteroatoms. The quantitative estimate of drug-likeness (QED) is 0.509. The second kappa shape index (κ2) is 4.03. The summed E-state index contributed by atoms with van der Waals surface area (Å²) >= 11 is 0. The molecule has 0 fully saturated rings. The minimum atomic E-state index is -2.57. The third-order valence-electron chi connectivity index (χ3n) is 1.37. The first-order valence-corrected chi connectivity index (χ1v) is 3.25. The monoisotopic (exact) mass is 174 g/mol. The molecule has 0 aliphatic heterocycles. The fourth-order valence-corrected chi connectivity index (χ4v) is 0.786. The number of nitrogens with two attached hydrogens (primary N) is 1. The molecule has 0 radical (unpaired) electrons. The number of nitrogens with one attached hydrogen (secondary N) is 1. The van der Waals surface area contributed by atoms with Gasteiger partial charge in [-0.25, -0.2) is 24.2 Å². The van der Waals surface area contributed by atoms with E-state index in [4.69, 9.17) is 5.84 Å². The number of hydrogen-bond acceptors (Lipinski definition) is 4. The molecule has 4 nitrogen and oxygen atoms in total. The highest BCUT2D eigenvalue weighted by atomic mass is 19.3. The predicted molar refractivity (Wildman–Crippen MR) is 38.1 cm³/mol. The Kier molecular flexibility index (Phi) is 3.01. The summed E-state index contributed by atoms with van der Waals surface area (Å²) in [5.41, 5.74) is 2.26. The first-order valence-electron chi connectivity index (χ1n) is 3.25. The van der Waals surface area contributed by atoms with Crippen molar-refractivity contribution in [3.05, 3.63) is 24.3 Å². The van der Waals surface area contributed by atoms with Crippen LogP contribution in [-0.2, 0) is 0 Å². The van der Waals surface area contributed by atoms with Crippen molar-refractivity contribution in [2.75, 3.05) is 0 Å². The summed E-state index contributed by atoms with van der Waals surface area (Å²) < 4.78 is 24.4. The summed E-state index contributed by atoms with van der Waals surface area (Å²) in [6.07, 6.45) is 1.29. The molecular formula is C6H8F2N4. The molecule has 1 atom stereocenters. The minimum Gasteiger partial charge on any atom is -0.271 e. The number of nitrogens with zero attached hydrogens (tertiary/aromatic N) is 2. The normalized spacial score (nSPS) is 13.3. The van der Waals surface area contributed by atoms with Gasteiger partial charge >= 0.3 is 0 Å². The second-order valence-electron chi connectivity index (χ2n) is 2.15. The standard InChI is InChI=1S/C6H8F2N4/c7-6(8)5(12-9)4-1-10-3-11-2-4/h1-3,5-6,12H,9H2. The van der Waals surface area contributed by atoms with E-state index < -0.39 is 12.5 Å². The van der Waals surface area contributed by atoms with Crippen LogP contribution in [-0.4, -0.2) is 16.4 Å². The van der Waals surface area contributed by atoms with Gasteiger partial charge in [0.15, 0.2) is 0 Å². The van der Waals surface area contributed by atoms with Gasteiger partial charge in [-0.1, -0.05) is 0 Å². The zero-order valence-corrected chi connectivity index (χ0v) is 6.11. The Morgan fingerprint density at radius 2 is 1.92 bits per heavy atom. The van der Waals surface area contributed by atoms with Crippen LogP contribution in [0.15, 0.2) is 18.7 Å². The van der Waals surface area contributed by atoms with E-state index in [9.17, 15) is 8.78 Å². The molecule has 1 heterocycles. The lowest BCUT2D eigenvalue weighted by atomic mass is 10.2. The van der Waals surface area contributed by atoms with Gasteiger partial charge in [0.2, 0.25) is 0 Å². The smallest absolute Gasteiger partial charge is 0.259 e. The maximum atomic E-state index is 12.2. The Labute approximate surface area is 67.8 Å². The third-order valence-corrected chi connectivity index (χ3v) is 1.37. The predicted octanol–water partition coefficient (Wildman–Crippen LogP) is 0.246. The molecule has 3 N–H and O–H groups in total. The maximum absolute atomic E-state index is 12.2. The van der Waals surface area contributed by atoms with E-state index in [0.717, 1.165) is 0 Å². The van der Waals surface area contributed by atoms with Crippen LogP contribution in [0.2, 0.25) is 0 Å². The summed E-state index contributed by atoms with van der Waals surface area (Å²) in [6.45, 7) is 0. The Morgan fingerprint density at radius 1 is 1.33 bits per heavy atom. The van der Waals surface area contributed by atoms with Crippen LogP contribution in [0.25, 0.3) is 0 Å². The Morgan fingerprint density at radius 3 is 2.33 bits per heavy atom. The maximum Gasteiger partial charge on any atom is 0.259 e. The zero-order valence-electron chi connectivity index (χ0n) is 6.11. The third kappa shape index (κ3) is 1.93. The van der Waals surface area contributed by atoms with Crippen molar-refractivity contribution in [3.63, 3.8) is 0 Å². The molecule has 0 amide bonds. The highest BCUT2D eigenvalue weighted by Crippen LogP contribution is 2.17. The molecule has 0 bridgehead atoms. The van der Waals surface area contributed by atoms with E-state index in [1.165, 1.54) is 18.7 Å². The zero-order chi connectivity index (χ0) is 8.97. The molecule has 1 rings (SSSR count). The number of hydrazine groups is 1. The lowest BCUT2D eigenvalue weighted by Gasteiger charge is -2.13. The van der Waals surface area contributed by atoms with Gasteiger partial charge in [-0.2, -0.15) is 0 Å². The lowest BCUT2D eigenvalue weighted by Crippen LogP contribution is -2.33. The summed E-state index contributed by atoms with van der Waals surface area (Å²) in [5.74, 6) is 4.92. The van der Waals surface area contributed by atoms with Gasteiger partial charge in [-0.05, 0) is 0 Å². The molecule has 0 aromatic carbocycles.